The number of H-pyrrole nitrogens is 1. The molecule has 0 spiro atoms. The van der Waals surface area contributed by atoms with Crippen molar-refractivity contribution in [1.82, 2.24) is 9.97 Å². The van der Waals surface area contributed by atoms with Gasteiger partial charge in [-0.1, -0.05) is 54.6 Å². The van der Waals surface area contributed by atoms with E-state index >= 15 is 0 Å². The van der Waals surface area contributed by atoms with Gasteiger partial charge in [0, 0.05) is 11.6 Å². The zero-order chi connectivity index (χ0) is 23.3. The molecule has 2 aromatic heterocycles. The monoisotopic (exact) mass is 445 g/mol. The van der Waals surface area contributed by atoms with Gasteiger partial charge >= 0.3 is 5.97 Å². The number of hydrogen-bond acceptors (Lipinski definition) is 5. The molecular formula is C28H19N3O3. The Hall–Kier alpha value is -4.89. The highest BCUT2D eigenvalue weighted by Crippen LogP contribution is 2.26. The second-order valence-electron chi connectivity index (χ2n) is 7.61. The molecule has 34 heavy (non-hydrogen) atoms. The first kappa shape index (κ1) is 21.0. The molecule has 164 valence electrons. The first-order valence-corrected chi connectivity index (χ1v) is 10.7. The minimum atomic E-state index is -0.386. The number of rotatable bonds is 6. The first-order valence-electron chi connectivity index (χ1n) is 10.7. The molecule has 6 heteroatoms. The van der Waals surface area contributed by atoms with Crippen LogP contribution >= 0.6 is 0 Å². The van der Waals surface area contributed by atoms with E-state index in [1.165, 1.54) is 0 Å². The summed E-state index contributed by atoms with van der Waals surface area (Å²) < 4.78 is 11.3. The van der Waals surface area contributed by atoms with Crippen LogP contribution in [0.15, 0.2) is 95.4 Å². The van der Waals surface area contributed by atoms with Crippen LogP contribution in [0, 0.1) is 11.3 Å². The minimum Gasteiger partial charge on any atom is -0.457 e. The normalized spacial score (nSPS) is 11.3. The third-order valence-electron chi connectivity index (χ3n) is 5.30. The molecule has 0 aliphatic heterocycles. The molecule has 5 aromatic rings. The highest BCUT2D eigenvalue weighted by atomic mass is 16.5. The minimum absolute atomic E-state index is 0.224. The van der Waals surface area contributed by atoms with Crippen LogP contribution in [0.2, 0.25) is 0 Å². The largest absolute Gasteiger partial charge is 0.457 e. The second kappa shape index (κ2) is 9.31. The lowest BCUT2D eigenvalue weighted by molar-refractivity contribution is 0.0472. The number of fused-ring (bicyclic) bond motifs is 1. The van der Waals surface area contributed by atoms with Gasteiger partial charge in [-0.15, -0.1) is 0 Å². The van der Waals surface area contributed by atoms with Gasteiger partial charge in [-0.25, -0.2) is 9.78 Å². The number of carbonyl (C=O) groups is 1. The number of benzene rings is 3. The van der Waals surface area contributed by atoms with E-state index in [4.69, 9.17) is 9.15 Å². The highest BCUT2D eigenvalue weighted by Gasteiger charge is 2.11. The molecular weight excluding hydrogens is 426 g/mol. The van der Waals surface area contributed by atoms with Gasteiger partial charge in [0.05, 0.1) is 22.2 Å². The summed E-state index contributed by atoms with van der Waals surface area (Å²) in [5.74, 6) is 1.25. The van der Waals surface area contributed by atoms with Crippen molar-refractivity contribution in [3.63, 3.8) is 0 Å². The van der Waals surface area contributed by atoms with Gasteiger partial charge in [-0.3, -0.25) is 0 Å². The Kier molecular flexibility index (Phi) is 5.74. The fourth-order valence-electron chi connectivity index (χ4n) is 3.54. The number of nitriles is 1. The van der Waals surface area contributed by atoms with Crippen molar-refractivity contribution in [2.75, 3.05) is 0 Å². The maximum absolute atomic E-state index is 12.3. The van der Waals surface area contributed by atoms with E-state index in [0.717, 1.165) is 22.2 Å². The number of allylic oxidation sites excluding steroid dienone is 1. The topological polar surface area (TPSA) is 91.9 Å². The predicted octanol–water partition coefficient (Wildman–Crippen LogP) is 6.24. The third kappa shape index (κ3) is 4.50. The van der Waals surface area contributed by atoms with Gasteiger partial charge in [-0.2, -0.15) is 5.26 Å². The van der Waals surface area contributed by atoms with Crippen LogP contribution in [-0.2, 0) is 11.3 Å². The molecule has 0 saturated heterocycles. The molecule has 5 rings (SSSR count). The summed E-state index contributed by atoms with van der Waals surface area (Å²) >= 11 is 0. The number of furan rings is 1. The number of esters is 1. The molecule has 0 amide bonds. The summed E-state index contributed by atoms with van der Waals surface area (Å²) in [6, 6.07) is 29.9. The Morgan fingerprint density at radius 2 is 1.74 bits per heavy atom. The Morgan fingerprint density at radius 1 is 0.971 bits per heavy atom. The van der Waals surface area contributed by atoms with Crippen LogP contribution in [0.3, 0.4) is 0 Å². The third-order valence-corrected chi connectivity index (χ3v) is 5.30. The van der Waals surface area contributed by atoms with E-state index < -0.39 is 0 Å². The van der Waals surface area contributed by atoms with Gasteiger partial charge in [0.25, 0.3) is 0 Å². The number of hydrogen-bond donors (Lipinski definition) is 1. The lowest BCUT2D eigenvalue weighted by Gasteiger charge is -2.05. The molecule has 2 heterocycles. The van der Waals surface area contributed by atoms with Gasteiger partial charge < -0.3 is 14.1 Å². The Bertz CT molecular complexity index is 1490. The zero-order valence-corrected chi connectivity index (χ0v) is 18.1. The molecule has 0 aliphatic carbocycles. The van der Waals surface area contributed by atoms with Crippen LogP contribution in [0.5, 0.6) is 0 Å². The lowest BCUT2D eigenvalue weighted by Crippen LogP contribution is -2.04. The van der Waals surface area contributed by atoms with E-state index in [1.54, 1.807) is 36.4 Å². The van der Waals surface area contributed by atoms with E-state index in [2.05, 4.69) is 16.0 Å². The molecule has 0 bridgehead atoms. The number of imidazole rings is 1. The molecule has 0 saturated carbocycles. The Labute approximate surface area is 195 Å². The summed E-state index contributed by atoms with van der Waals surface area (Å²) in [7, 11) is 0. The molecule has 6 nitrogen and oxygen atoms in total. The standard InChI is InChI=1S/C28H19N3O3/c29-17-22(27-30-24-8-4-5-9-25(24)31-27)16-23-14-15-26(34-23)20-10-12-21(13-11-20)28(32)33-18-19-6-2-1-3-7-19/h1-16H,18H2,(H,30,31)/b22-16+. The van der Waals surface area contributed by atoms with Crippen molar-refractivity contribution in [1.29, 1.82) is 5.26 Å². The van der Waals surface area contributed by atoms with Gasteiger partial charge in [0.2, 0.25) is 0 Å². The number of aromatic nitrogens is 2. The molecule has 3 aromatic carbocycles. The average Bonchev–Trinajstić information content (AvgIpc) is 3.53. The van der Waals surface area contributed by atoms with Gasteiger partial charge in [0.15, 0.2) is 0 Å². The quantitative estimate of drug-likeness (QED) is 0.247. The summed E-state index contributed by atoms with van der Waals surface area (Å²) in [4.78, 5) is 20.0. The van der Waals surface area contributed by atoms with Crippen LogP contribution in [-0.4, -0.2) is 15.9 Å². The molecule has 0 fully saturated rings. The Balaban J connectivity index is 1.30. The fraction of sp³-hybridized carbons (Fsp3) is 0.0357. The molecule has 0 aliphatic rings. The van der Waals surface area contributed by atoms with Crippen molar-refractivity contribution in [3.8, 4) is 17.4 Å². The highest BCUT2D eigenvalue weighted by molar-refractivity contribution is 5.91. The predicted molar refractivity (Wildman–Crippen MR) is 129 cm³/mol. The van der Waals surface area contributed by atoms with Gasteiger partial charge in [-0.05, 0) is 42.0 Å². The molecule has 0 radical (unpaired) electrons. The van der Waals surface area contributed by atoms with Crippen molar-refractivity contribution in [3.05, 3.63) is 114 Å². The summed E-state index contributed by atoms with van der Waals surface area (Å²) in [6.45, 7) is 0.224. The first-order chi connectivity index (χ1) is 16.7. The summed E-state index contributed by atoms with van der Waals surface area (Å²) in [5, 5.41) is 9.63. The second-order valence-corrected chi connectivity index (χ2v) is 7.61. The van der Waals surface area contributed by atoms with E-state index in [-0.39, 0.29) is 12.6 Å². The van der Waals surface area contributed by atoms with Crippen molar-refractivity contribution >= 4 is 28.7 Å². The van der Waals surface area contributed by atoms with E-state index in [9.17, 15) is 10.1 Å². The van der Waals surface area contributed by atoms with Crippen LogP contribution in [0.1, 0.15) is 27.5 Å². The number of para-hydroxylation sites is 2. The zero-order valence-electron chi connectivity index (χ0n) is 18.1. The smallest absolute Gasteiger partial charge is 0.338 e. The van der Waals surface area contributed by atoms with Crippen molar-refractivity contribution in [2.45, 2.75) is 6.61 Å². The number of ether oxygens (including phenoxy) is 1. The van der Waals surface area contributed by atoms with Crippen LogP contribution in [0.25, 0.3) is 34.0 Å². The number of nitrogens with zero attached hydrogens (tertiary/aromatic N) is 2. The molecule has 1 N–H and O–H groups in total. The lowest BCUT2D eigenvalue weighted by atomic mass is 10.1. The number of nitrogens with one attached hydrogen (secondary N) is 1. The summed E-state index contributed by atoms with van der Waals surface area (Å²) in [6.07, 6.45) is 1.65. The van der Waals surface area contributed by atoms with E-state index in [1.807, 2.05) is 60.7 Å². The molecule has 0 unspecified atom stereocenters. The summed E-state index contributed by atoms with van der Waals surface area (Å²) in [5.41, 5.74) is 4.23. The number of aromatic amines is 1. The Morgan fingerprint density at radius 3 is 2.50 bits per heavy atom. The van der Waals surface area contributed by atoms with Crippen LogP contribution in [0.4, 0.5) is 0 Å². The maximum Gasteiger partial charge on any atom is 0.338 e. The van der Waals surface area contributed by atoms with Gasteiger partial charge in [0.1, 0.15) is 30.0 Å². The average molecular weight is 445 g/mol. The molecule has 0 atom stereocenters. The van der Waals surface area contributed by atoms with Crippen molar-refractivity contribution < 1.29 is 13.9 Å². The fourth-order valence-corrected chi connectivity index (χ4v) is 3.54. The number of carbonyl (C=O) groups excluding carboxylic acids is 1. The van der Waals surface area contributed by atoms with Crippen LogP contribution < -0.4 is 0 Å². The van der Waals surface area contributed by atoms with E-state index in [0.29, 0.717) is 28.5 Å². The van der Waals surface area contributed by atoms with Crippen molar-refractivity contribution in [2.24, 2.45) is 0 Å². The SMILES string of the molecule is N#C/C(=C\c1ccc(-c2ccc(C(=O)OCc3ccccc3)cc2)o1)c1nc2ccccc2[nH]1. The maximum atomic E-state index is 12.3.